The zero-order valence-corrected chi connectivity index (χ0v) is 24.0. The summed E-state index contributed by atoms with van der Waals surface area (Å²) < 4.78 is 20.9. The molecule has 13 heteroatoms. The molecular weight excluding hydrogens is 561 g/mol. The second kappa shape index (κ2) is 11.6. The van der Waals surface area contributed by atoms with Crippen LogP contribution in [-0.4, -0.2) is 92.8 Å². The van der Waals surface area contributed by atoms with E-state index in [1.165, 1.54) is 12.1 Å². The lowest BCUT2D eigenvalue weighted by Gasteiger charge is -2.40. The quantitative estimate of drug-likeness (QED) is 0.296. The van der Waals surface area contributed by atoms with Crippen molar-refractivity contribution in [1.82, 2.24) is 34.9 Å². The molecule has 0 saturated carbocycles. The first-order valence-corrected chi connectivity index (χ1v) is 14.3. The Bertz CT molecular complexity index is 1700. The number of nitrogens with zero attached hydrogens (tertiary/aromatic N) is 7. The Hall–Kier alpha value is -4.21. The fourth-order valence-electron chi connectivity index (χ4n) is 6.01. The van der Waals surface area contributed by atoms with Crippen molar-refractivity contribution in [1.29, 1.82) is 5.26 Å². The summed E-state index contributed by atoms with van der Waals surface area (Å²) in [6.45, 7) is 6.40. The van der Waals surface area contributed by atoms with Crippen molar-refractivity contribution in [2.45, 2.75) is 37.8 Å². The second-order valence-corrected chi connectivity index (χ2v) is 11.2. The topological polar surface area (TPSA) is 130 Å². The van der Waals surface area contributed by atoms with Crippen LogP contribution in [0.15, 0.2) is 31.1 Å². The summed E-state index contributed by atoms with van der Waals surface area (Å²) in [5.74, 6) is -0.112. The molecule has 11 nitrogen and oxygen atoms in total. The maximum absolute atomic E-state index is 14.7. The van der Waals surface area contributed by atoms with Gasteiger partial charge in [-0.25, -0.2) is 4.39 Å². The average Bonchev–Trinajstić information content (AvgIpc) is 3.73. The van der Waals surface area contributed by atoms with E-state index in [1.807, 2.05) is 6.20 Å². The smallest absolute Gasteiger partial charge is 0.319 e. The fourth-order valence-corrected chi connectivity index (χ4v) is 6.23. The van der Waals surface area contributed by atoms with Crippen LogP contribution in [0.5, 0.6) is 6.01 Å². The molecule has 1 aromatic carbocycles. The number of hydrogen-bond acceptors (Lipinski definition) is 8. The third-order valence-corrected chi connectivity index (χ3v) is 8.72. The van der Waals surface area contributed by atoms with Crippen LogP contribution in [0.4, 0.5) is 10.2 Å². The molecule has 0 spiro atoms. The number of aromatic nitrogens is 5. The first-order valence-electron chi connectivity index (χ1n) is 13.9. The van der Waals surface area contributed by atoms with Gasteiger partial charge in [0.1, 0.15) is 23.5 Å². The summed E-state index contributed by atoms with van der Waals surface area (Å²) in [6.07, 6.45) is 7.37. The summed E-state index contributed by atoms with van der Waals surface area (Å²) in [5.41, 5.74) is 3.27. The average molecular weight is 592 g/mol. The van der Waals surface area contributed by atoms with Gasteiger partial charge in [0, 0.05) is 55.3 Å². The summed E-state index contributed by atoms with van der Waals surface area (Å²) >= 11 is 6.45. The third-order valence-electron chi connectivity index (χ3n) is 8.31. The van der Waals surface area contributed by atoms with Crippen molar-refractivity contribution in [2.24, 2.45) is 0 Å². The predicted molar refractivity (Wildman–Crippen MR) is 157 cm³/mol. The number of aromatic amines is 2. The van der Waals surface area contributed by atoms with Crippen molar-refractivity contribution in [3.05, 3.63) is 53.1 Å². The molecule has 6 rings (SSSR count). The van der Waals surface area contributed by atoms with Crippen molar-refractivity contribution >= 4 is 45.3 Å². The van der Waals surface area contributed by atoms with Crippen LogP contribution in [0.1, 0.15) is 30.4 Å². The maximum atomic E-state index is 14.7. The van der Waals surface area contributed by atoms with E-state index in [1.54, 1.807) is 11.1 Å². The number of nitrogens with one attached hydrogen (secondary N) is 2. The molecule has 0 radical (unpaired) electrons. The SMILES string of the molecule is C=CC(=O)N1CCN(c2nc(OC[C@@H]3CCCN3C)nc3c(Cc4c(Cl)c(F)cc5[nH]ncc45)c[nH]c23)C[C@@H]1CC#N. The zero-order chi connectivity index (χ0) is 29.4. The van der Waals surface area contributed by atoms with Gasteiger partial charge in [-0.05, 0) is 38.1 Å². The zero-order valence-electron chi connectivity index (χ0n) is 23.2. The lowest BCUT2D eigenvalue weighted by Crippen LogP contribution is -2.55. The predicted octanol–water partition coefficient (Wildman–Crippen LogP) is 3.81. The lowest BCUT2D eigenvalue weighted by molar-refractivity contribution is -0.128. The van der Waals surface area contributed by atoms with Crippen LogP contribution >= 0.6 is 11.6 Å². The summed E-state index contributed by atoms with van der Waals surface area (Å²) in [5, 5.41) is 17.1. The molecule has 0 bridgehead atoms. The van der Waals surface area contributed by atoms with E-state index in [4.69, 9.17) is 26.3 Å². The van der Waals surface area contributed by atoms with Gasteiger partial charge in [0.25, 0.3) is 0 Å². The fraction of sp³-hybridized carbons (Fsp3) is 0.414. The van der Waals surface area contributed by atoms with Gasteiger partial charge in [0.2, 0.25) is 5.91 Å². The number of H-pyrrole nitrogens is 2. The minimum Gasteiger partial charge on any atom is -0.462 e. The number of amides is 1. The van der Waals surface area contributed by atoms with E-state index in [0.29, 0.717) is 60.6 Å². The highest BCUT2D eigenvalue weighted by molar-refractivity contribution is 6.32. The third kappa shape index (κ3) is 5.14. The van der Waals surface area contributed by atoms with Gasteiger partial charge < -0.3 is 24.4 Å². The number of halogens is 2. The van der Waals surface area contributed by atoms with Crippen molar-refractivity contribution in [3.8, 4) is 12.1 Å². The number of likely N-dealkylation sites (N-methyl/N-ethyl adjacent to an activating group) is 1. The number of likely N-dealkylation sites (tertiary alicyclic amines) is 1. The number of hydrogen-bond donors (Lipinski definition) is 2. The molecule has 1 amide bonds. The Labute approximate surface area is 246 Å². The molecular formula is C29H31ClFN9O2. The highest BCUT2D eigenvalue weighted by atomic mass is 35.5. The number of benzene rings is 1. The number of fused-ring (bicyclic) bond motifs is 2. The maximum Gasteiger partial charge on any atom is 0.319 e. The number of nitriles is 1. The van der Waals surface area contributed by atoms with Gasteiger partial charge in [-0.2, -0.15) is 20.3 Å². The molecule has 5 heterocycles. The minimum atomic E-state index is -0.529. The van der Waals surface area contributed by atoms with E-state index in [0.717, 1.165) is 30.3 Å². The Kier molecular flexibility index (Phi) is 7.70. The number of carbonyl (C=O) groups excluding carboxylic acids is 1. The molecule has 2 N–H and O–H groups in total. The molecule has 3 aromatic heterocycles. The number of carbonyl (C=O) groups is 1. The Morgan fingerprint density at radius 1 is 1.33 bits per heavy atom. The molecule has 4 aromatic rings. The summed E-state index contributed by atoms with van der Waals surface area (Å²) in [6, 6.07) is 3.72. The number of rotatable bonds is 8. The van der Waals surface area contributed by atoms with Crippen molar-refractivity contribution in [3.63, 3.8) is 0 Å². The van der Waals surface area contributed by atoms with Crippen LogP contribution in [0.2, 0.25) is 5.02 Å². The molecule has 2 fully saturated rings. The van der Waals surface area contributed by atoms with Gasteiger partial charge >= 0.3 is 6.01 Å². The standard InChI is InChI=1S/C29H31ClFN9O2/c1-3-24(41)40-10-9-39(15-18(40)6-7-32)28-27-26(35-29(36-28)42-16-19-5-4-8-38(19)2)17(13-33-27)11-20-21-14-34-37-23(21)12-22(31)25(20)30/h3,12-14,18-19,33H,1,4-6,8-11,15-16H2,2H3,(H,34,37)/t18-,19-/m0/s1. The molecule has 2 atom stereocenters. The van der Waals surface area contributed by atoms with Gasteiger partial charge in [0.05, 0.1) is 35.3 Å². The van der Waals surface area contributed by atoms with E-state index < -0.39 is 5.82 Å². The molecule has 42 heavy (non-hydrogen) atoms. The lowest BCUT2D eigenvalue weighted by atomic mass is 10.0. The molecule has 218 valence electrons. The van der Waals surface area contributed by atoms with Gasteiger partial charge in [0.15, 0.2) is 5.82 Å². The van der Waals surface area contributed by atoms with E-state index in [2.05, 4.69) is 44.7 Å². The Balaban J connectivity index is 1.39. The molecule has 2 saturated heterocycles. The first-order chi connectivity index (χ1) is 20.4. The molecule has 2 aliphatic rings. The van der Waals surface area contributed by atoms with Gasteiger partial charge in [-0.1, -0.05) is 18.2 Å². The Morgan fingerprint density at radius 3 is 2.95 bits per heavy atom. The van der Waals surface area contributed by atoms with Crippen LogP contribution < -0.4 is 9.64 Å². The van der Waals surface area contributed by atoms with E-state index >= 15 is 0 Å². The minimum absolute atomic E-state index is 0.0376. The van der Waals surface area contributed by atoms with Gasteiger partial charge in [-0.3, -0.25) is 9.89 Å². The highest BCUT2D eigenvalue weighted by Crippen LogP contribution is 2.35. The highest BCUT2D eigenvalue weighted by Gasteiger charge is 2.32. The summed E-state index contributed by atoms with van der Waals surface area (Å²) in [4.78, 5) is 31.4. The monoisotopic (exact) mass is 591 g/mol. The number of anilines is 1. The largest absolute Gasteiger partial charge is 0.462 e. The van der Waals surface area contributed by atoms with E-state index in [9.17, 15) is 14.4 Å². The van der Waals surface area contributed by atoms with E-state index in [-0.39, 0.29) is 35.4 Å². The molecule has 0 aliphatic carbocycles. The van der Waals surface area contributed by atoms with Crippen LogP contribution in [-0.2, 0) is 11.2 Å². The number of ether oxygens (including phenoxy) is 1. The molecule has 0 unspecified atom stereocenters. The molecule has 2 aliphatic heterocycles. The van der Waals surface area contributed by atoms with Crippen LogP contribution in [0.25, 0.3) is 21.9 Å². The Morgan fingerprint density at radius 2 is 2.19 bits per heavy atom. The summed E-state index contributed by atoms with van der Waals surface area (Å²) in [7, 11) is 2.08. The van der Waals surface area contributed by atoms with Gasteiger partial charge in [-0.15, -0.1) is 0 Å². The number of piperazine rings is 1. The van der Waals surface area contributed by atoms with Crippen LogP contribution in [0, 0.1) is 17.1 Å². The van der Waals surface area contributed by atoms with Crippen LogP contribution in [0.3, 0.4) is 0 Å². The normalized spacial score (nSPS) is 19.5. The van der Waals surface area contributed by atoms with Crippen molar-refractivity contribution in [2.75, 3.05) is 44.7 Å². The first kappa shape index (κ1) is 27.9. The second-order valence-electron chi connectivity index (χ2n) is 10.8. The van der Waals surface area contributed by atoms with Crippen molar-refractivity contribution < 1.29 is 13.9 Å².